The van der Waals surface area contributed by atoms with Crippen LogP contribution >= 0.6 is 24.8 Å². The molecule has 0 saturated heterocycles. The Morgan fingerprint density at radius 3 is 1.00 bits per heavy atom. The van der Waals surface area contributed by atoms with Crippen molar-refractivity contribution in [3.8, 4) is 0 Å². The molecule has 0 aliphatic carbocycles. The van der Waals surface area contributed by atoms with Gasteiger partial charge in [-0.05, 0) is 0 Å². The van der Waals surface area contributed by atoms with Gasteiger partial charge in [-0.3, -0.25) is 0 Å². The molecule has 5 heavy (non-hydrogen) atoms. The average Bonchev–Trinajstić information content (AvgIpc) is 1.00. The molecule has 0 heterocycles. The fraction of sp³-hybridized carbons (Fsp3) is 0. The summed E-state index contributed by atoms with van der Waals surface area (Å²) in [5, 5.41) is 0. The van der Waals surface area contributed by atoms with Crippen LogP contribution in [0, 0.1) is 0 Å². The predicted molar refractivity (Wildman–Crippen MR) is 18.8 cm³/mol. The SMILES string of the molecule is Cl.Cl.O.[O]=[Mn]. The van der Waals surface area contributed by atoms with Crippen LogP contribution in [0.5, 0.6) is 0 Å². The molecule has 2 N–H and O–H groups in total. The molecule has 0 unspecified atom stereocenters. The van der Waals surface area contributed by atoms with Crippen molar-refractivity contribution in [2.75, 3.05) is 0 Å². The molecule has 0 aliphatic rings. The van der Waals surface area contributed by atoms with Crippen LogP contribution in [0.15, 0.2) is 0 Å². The summed E-state index contributed by atoms with van der Waals surface area (Å²) in [5.74, 6) is 0. The molecule has 0 amide bonds. The van der Waals surface area contributed by atoms with Crippen molar-refractivity contribution in [1.82, 2.24) is 0 Å². The summed E-state index contributed by atoms with van der Waals surface area (Å²) in [6, 6.07) is 0. The Hall–Kier alpha value is 0.859. The standard InChI is InChI=1S/2ClH.Mn.H2O.O/h2*1H;;1H2;. The Labute approximate surface area is 50.5 Å². The molecule has 5 heteroatoms. The summed E-state index contributed by atoms with van der Waals surface area (Å²) in [6.07, 6.45) is 0. The van der Waals surface area contributed by atoms with E-state index >= 15 is 0 Å². The van der Waals surface area contributed by atoms with Gasteiger partial charge in [-0.25, -0.2) is 0 Å². The van der Waals surface area contributed by atoms with Gasteiger partial charge in [0.1, 0.15) is 0 Å². The Bertz CT molecular complexity index is 7.61. The monoisotopic (exact) mass is 161 g/mol. The van der Waals surface area contributed by atoms with E-state index in [2.05, 4.69) is 0 Å². The van der Waals surface area contributed by atoms with E-state index in [1.165, 1.54) is 0 Å². The fourth-order valence-corrected chi connectivity index (χ4v) is 0. The summed E-state index contributed by atoms with van der Waals surface area (Å²) < 4.78 is 8.06. The van der Waals surface area contributed by atoms with Crippen molar-refractivity contribution in [2.24, 2.45) is 0 Å². The van der Waals surface area contributed by atoms with Crippen LogP contribution in [-0.4, -0.2) is 5.48 Å². The molecule has 0 aliphatic heterocycles. The predicted octanol–water partition coefficient (Wildman–Crippen LogP) is -0.102. The van der Waals surface area contributed by atoms with Crippen molar-refractivity contribution in [3.05, 3.63) is 0 Å². The summed E-state index contributed by atoms with van der Waals surface area (Å²) >= 11 is 1.69. The summed E-state index contributed by atoms with van der Waals surface area (Å²) in [7, 11) is 0. The first-order valence-electron chi connectivity index (χ1n) is 0.154. The molecule has 0 saturated carbocycles. The molecular formula is H4Cl2MnO2. The Morgan fingerprint density at radius 1 is 1.00 bits per heavy atom. The number of halogens is 2. The first-order chi connectivity index (χ1) is 1.00. The van der Waals surface area contributed by atoms with Crippen molar-refractivity contribution in [2.45, 2.75) is 0 Å². The molecule has 0 radical (unpaired) electrons. The van der Waals surface area contributed by atoms with Gasteiger partial charge in [0.05, 0.1) is 0 Å². The second-order valence-electron chi connectivity index (χ2n) is 0. The van der Waals surface area contributed by atoms with Gasteiger partial charge >= 0.3 is 19.8 Å². The minimum absolute atomic E-state index is 0. The quantitative estimate of drug-likeness (QED) is 0.458. The Kier molecular flexibility index (Phi) is 784. The maximum absolute atomic E-state index is 8.06. The first-order valence-corrected chi connectivity index (χ1v) is 0.636. The third kappa shape index (κ3) is 53.8. The van der Waals surface area contributed by atoms with E-state index in [4.69, 9.17) is 3.83 Å². The zero-order valence-electron chi connectivity index (χ0n) is 2.10. The van der Waals surface area contributed by atoms with Gasteiger partial charge in [0.2, 0.25) is 0 Å². The van der Waals surface area contributed by atoms with Gasteiger partial charge in [-0.1, -0.05) is 0 Å². The Balaban J connectivity index is -0.00000000167. The van der Waals surface area contributed by atoms with E-state index in [1.54, 1.807) is 15.9 Å². The third-order valence-electron chi connectivity index (χ3n) is 0. The molecule has 0 atom stereocenters. The van der Waals surface area contributed by atoms with Crippen LogP contribution in [0.1, 0.15) is 0 Å². The van der Waals surface area contributed by atoms with Gasteiger partial charge < -0.3 is 5.48 Å². The maximum atomic E-state index is 8.06. The molecule has 0 aromatic carbocycles. The van der Waals surface area contributed by atoms with Crippen LogP contribution in [0.2, 0.25) is 0 Å². The van der Waals surface area contributed by atoms with E-state index in [0.717, 1.165) is 0 Å². The molecule has 0 bridgehead atoms. The van der Waals surface area contributed by atoms with Gasteiger partial charge in [0.15, 0.2) is 0 Å². The van der Waals surface area contributed by atoms with E-state index in [9.17, 15) is 0 Å². The summed E-state index contributed by atoms with van der Waals surface area (Å²) in [6.45, 7) is 0. The normalized spacial score (nSPS) is 0.800. The zero-order valence-corrected chi connectivity index (χ0v) is 4.92. The van der Waals surface area contributed by atoms with E-state index in [0.29, 0.717) is 0 Å². The van der Waals surface area contributed by atoms with Crippen molar-refractivity contribution in [1.29, 1.82) is 0 Å². The zero-order chi connectivity index (χ0) is 2.00. The van der Waals surface area contributed by atoms with Gasteiger partial charge in [0.25, 0.3) is 0 Å². The van der Waals surface area contributed by atoms with Gasteiger partial charge in [0, 0.05) is 0 Å². The second kappa shape index (κ2) is 98.0. The van der Waals surface area contributed by atoms with Crippen LogP contribution in [-0.2, 0) is 19.8 Å². The van der Waals surface area contributed by atoms with Gasteiger partial charge in [-0.2, -0.15) is 0 Å². The molecule has 0 rings (SSSR count). The van der Waals surface area contributed by atoms with E-state index in [-0.39, 0.29) is 30.3 Å². The molecule has 0 spiro atoms. The van der Waals surface area contributed by atoms with E-state index in [1.807, 2.05) is 0 Å². The molecule has 37 valence electrons. The third-order valence-corrected chi connectivity index (χ3v) is 0. The van der Waals surface area contributed by atoms with Crippen LogP contribution in [0.4, 0.5) is 0 Å². The van der Waals surface area contributed by atoms with E-state index < -0.39 is 0 Å². The van der Waals surface area contributed by atoms with Crippen molar-refractivity contribution >= 4 is 24.8 Å². The molecule has 0 aromatic heterocycles. The molecular weight excluding hydrogens is 158 g/mol. The van der Waals surface area contributed by atoms with Crippen molar-refractivity contribution < 1.29 is 25.3 Å². The van der Waals surface area contributed by atoms with Crippen molar-refractivity contribution in [3.63, 3.8) is 0 Å². The second-order valence-corrected chi connectivity index (χ2v) is 0. The van der Waals surface area contributed by atoms with Crippen LogP contribution in [0.3, 0.4) is 0 Å². The minimum atomic E-state index is 0. The van der Waals surface area contributed by atoms with Crippen LogP contribution < -0.4 is 0 Å². The van der Waals surface area contributed by atoms with Gasteiger partial charge in [-0.15, -0.1) is 24.8 Å². The molecule has 0 fully saturated rings. The first kappa shape index (κ1) is 40.0. The molecule has 2 nitrogen and oxygen atoms in total. The topological polar surface area (TPSA) is 48.6 Å². The molecule has 0 aromatic rings. The Morgan fingerprint density at radius 2 is 1.00 bits per heavy atom. The number of rotatable bonds is 0. The number of hydrogen-bond donors (Lipinski definition) is 0. The van der Waals surface area contributed by atoms with Crippen LogP contribution in [0.25, 0.3) is 0 Å². The summed E-state index contributed by atoms with van der Waals surface area (Å²) in [4.78, 5) is 0. The fourth-order valence-electron chi connectivity index (χ4n) is 0. The summed E-state index contributed by atoms with van der Waals surface area (Å²) in [5.41, 5.74) is 0. The average molecular weight is 162 g/mol. The number of hydrogen-bond acceptors (Lipinski definition) is 1.